The maximum atomic E-state index is 13.5. The Balaban J connectivity index is 1.78. The normalized spacial score (nSPS) is 13.8. The van der Waals surface area contributed by atoms with Gasteiger partial charge in [-0.05, 0) is 92.4 Å². The molecule has 4 rings (SSSR count). The fourth-order valence-corrected chi connectivity index (χ4v) is 4.53. The van der Waals surface area contributed by atoms with Gasteiger partial charge in [0.25, 0.3) is 11.8 Å². The number of aryl methyl sites for hydroxylation is 4. The van der Waals surface area contributed by atoms with Crippen molar-refractivity contribution in [3.8, 4) is 0 Å². The number of carbonyl (C=O) groups excluding carboxylic acids is 2. The first kappa shape index (κ1) is 22.2. The molecule has 0 aliphatic carbocycles. The van der Waals surface area contributed by atoms with E-state index in [4.69, 9.17) is 11.6 Å². The van der Waals surface area contributed by atoms with E-state index in [1.807, 2.05) is 76.2 Å². The van der Waals surface area contributed by atoms with Gasteiger partial charge in [-0.3, -0.25) is 9.59 Å². The van der Waals surface area contributed by atoms with Gasteiger partial charge in [-0.15, -0.1) is 0 Å². The molecule has 0 fully saturated rings. The van der Waals surface area contributed by atoms with Gasteiger partial charge in [0.15, 0.2) is 0 Å². The first-order valence-electron chi connectivity index (χ1n) is 10.2. The molecule has 3 aromatic rings. The van der Waals surface area contributed by atoms with Crippen LogP contribution in [-0.2, 0) is 9.59 Å². The van der Waals surface area contributed by atoms with Crippen LogP contribution >= 0.6 is 23.4 Å². The zero-order valence-electron chi connectivity index (χ0n) is 18.3. The highest BCUT2D eigenvalue weighted by molar-refractivity contribution is 8.04. The number of hydrogen-bond acceptors (Lipinski definition) is 4. The summed E-state index contributed by atoms with van der Waals surface area (Å²) in [4.78, 5) is 29.5. The van der Waals surface area contributed by atoms with Crippen LogP contribution in [0.3, 0.4) is 0 Å². The van der Waals surface area contributed by atoms with Gasteiger partial charge in [0, 0.05) is 15.6 Å². The summed E-state index contributed by atoms with van der Waals surface area (Å²) in [5.41, 5.74) is 5.75. The van der Waals surface area contributed by atoms with Crippen LogP contribution < -0.4 is 10.2 Å². The van der Waals surface area contributed by atoms with Gasteiger partial charge in [0.2, 0.25) is 0 Å². The number of rotatable bonds is 5. The number of benzene rings is 3. The number of halogens is 1. The van der Waals surface area contributed by atoms with Crippen molar-refractivity contribution >= 4 is 46.6 Å². The van der Waals surface area contributed by atoms with E-state index < -0.39 is 0 Å². The van der Waals surface area contributed by atoms with Crippen molar-refractivity contribution < 1.29 is 9.59 Å². The standard InChI is InChI=1S/C26H23ClN2O2S/c1-15-5-6-17(3)22(13-15)29-25(30)23(28-20-10-7-16(2)18(4)14-20)24(26(29)31)32-21-11-8-19(27)9-12-21/h5-14,28H,1-4H3. The highest BCUT2D eigenvalue weighted by atomic mass is 35.5. The maximum Gasteiger partial charge on any atom is 0.283 e. The van der Waals surface area contributed by atoms with E-state index in [1.54, 1.807) is 12.1 Å². The molecule has 0 saturated heterocycles. The van der Waals surface area contributed by atoms with Gasteiger partial charge < -0.3 is 5.32 Å². The Labute approximate surface area is 197 Å². The van der Waals surface area contributed by atoms with Crippen molar-refractivity contribution in [1.29, 1.82) is 0 Å². The SMILES string of the molecule is Cc1ccc(C)c(N2C(=O)C(Nc3ccc(C)c(C)c3)=C(Sc3ccc(Cl)cc3)C2=O)c1. The van der Waals surface area contributed by atoms with E-state index in [1.165, 1.54) is 16.7 Å². The van der Waals surface area contributed by atoms with Crippen LogP contribution in [0.15, 0.2) is 76.2 Å². The van der Waals surface area contributed by atoms with Crippen molar-refractivity contribution in [2.75, 3.05) is 10.2 Å². The molecule has 1 heterocycles. The third kappa shape index (κ3) is 4.31. The van der Waals surface area contributed by atoms with E-state index in [9.17, 15) is 9.59 Å². The number of carbonyl (C=O) groups is 2. The first-order valence-corrected chi connectivity index (χ1v) is 11.4. The minimum Gasteiger partial charge on any atom is -0.350 e. The van der Waals surface area contributed by atoms with Gasteiger partial charge in [-0.1, -0.05) is 41.6 Å². The predicted molar refractivity (Wildman–Crippen MR) is 132 cm³/mol. The summed E-state index contributed by atoms with van der Waals surface area (Å²) in [6.45, 7) is 7.89. The highest BCUT2D eigenvalue weighted by Gasteiger charge is 2.40. The van der Waals surface area contributed by atoms with Gasteiger partial charge in [-0.25, -0.2) is 4.90 Å². The topological polar surface area (TPSA) is 49.4 Å². The molecule has 0 aromatic heterocycles. The highest BCUT2D eigenvalue weighted by Crippen LogP contribution is 2.39. The number of imide groups is 1. The minimum absolute atomic E-state index is 0.277. The third-order valence-corrected chi connectivity index (χ3v) is 6.80. The molecule has 2 amide bonds. The Kier molecular flexibility index (Phi) is 6.13. The Morgan fingerprint density at radius 3 is 2.16 bits per heavy atom. The molecule has 1 N–H and O–H groups in total. The van der Waals surface area contributed by atoms with Crippen molar-refractivity contribution in [1.82, 2.24) is 0 Å². The summed E-state index contributed by atoms with van der Waals surface area (Å²) < 4.78 is 0. The van der Waals surface area contributed by atoms with Crippen molar-refractivity contribution in [3.05, 3.63) is 98.5 Å². The molecule has 162 valence electrons. The molecule has 0 bridgehead atoms. The lowest BCUT2D eigenvalue weighted by Crippen LogP contribution is -2.33. The van der Waals surface area contributed by atoms with E-state index in [0.29, 0.717) is 15.6 Å². The molecular weight excluding hydrogens is 440 g/mol. The Morgan fingerprint density at radius 2 is 1.47 bits per heavy atom. The van der Waals surface area contributed by atoms with Crippen molar-refractivity contribution in [3.63, 3.8) is 0 Å². The Hall–Kier alpha value is -3.02. The summed E-state index contributed by atoms with van der Waals surface area (Å²) in [7, 11) is 0. The lowest BCUT2D eigenvalue weighted by molar-refractivity contribution is -0.120. The summed E-state index contributed by atoms with van der Waals surface area (Å²) in [6, 6.07) is 18.9. The largest absolute Gasteiger partial charge is 0.350 e. The number of nitrogens with one attached hydrogen (secondary N) is 1. The number of thioether (sulfide) groups is 1. The second-order valence-corrected chi connectivity index (χ2v) is 9.44. The lowest BCUT2D eigenvalue weighted by Gasteiger charge is -2.18. The lowest BCUT2D eigenvalue weighted by atomic mass is 10.1. The number of amides is 2. The second kappa shape index (κ2) is 8.85. The summed E-state index contributed by atoms with van der Waals surface area (Å²) >= 11 is 7.28. The second-order valence-electron chi connectivity index (χ2n) is 7.92. The smallest absolute Gasteiger partial charge is 0.283 e. The van der Waals surface area contributed by atoms with Gasteiger partial charge >= 0.3 is 0 Å². The molecule has 0 spiro atoms. The molecule has 4 nitrogen and oxygen atoms in total. The molecule has 1 aliphatic rings. The molecule has 6 heteroatoms. The van der Waals surface area contributed by atoms with Crippen LogP contribution in [0.25, 0.3) is 0 Å². The number of hydrogen-bond donors (Lipinski definition) is 1. The Bertz CT molecular complexity index is 1270. The zero-order chi connectivity index (χ0) is 23.0. The Morgan fingerprint density at radius 1 is 0.781 bits per heavy atom. The van der Waals surface area contributed by atoms with Crippen molar-refractivity contribution in [2.45, 2.75) is 32.6 Å². The fourth-order valence-electron chi connectivity index (χ4n) is 3.48. The molecule has 0 unspecified atom stereocenters. The molecular formula is C26H23ClN2O2S. The zero-order valence-corrected chi connectivity index (χ0v) is 19.9. The monoisotopic (exact) mass is 462 g/mol. The maximum absolute atomic E-state index is 13.5. The van der Waals surface area contributed by atoms with Crippen LogP contribution in [0.1, 0.15) is 22.3 Å². The minimum atomic E-state index is -0.363. The fraction of sp³-hybridized carbons (Fsp3) is 0.154. The summed E-state index contributed by atoms with van der Waals surface area (Å²) in [5, 5.41) is 3.84. The van der Waals surface area contributed by atoms with Gasteiger partial charge in [-0.2, -0.15) is 0 Å². The number of nitrogens with zero attached hydrogens (tertiary/aromatic N) is 1. The third-order valence-electron chi connectivity index (χ3n) is 5.46. The first-order chi connectivity index (χ1) is 15.2. The molecule has 3 aromatic carbocycles. The van der Waals surface area contributed by atoms with Gasteiger partial charge in [0.1, 0.15) is 10.6 Å². The van der Waals surface area contributed by atoms with Gasteiger partial charge in [0.05, 0.1) is 5.69 Å². The van der Waals surface area contributed by atoms with E-state index in [2.05, 4.69) is 5.32 Å². The summed E-state index contributed by atoms with van der Waals surface area (Å²) in [6.07, 6.45) is 0. The van der Waals surface area contributed by atoms with E-state index >= 15 is 0 Å². The van der Waals surface area contributed by atoms with Crippen LogP contribution in [0, 0.1) is 27.7 Å². The quantitative estimate of drug-likeness (QED) is 0.436. The van der Waals surface area contributed by atoms with Crippen molar-refractivity contribution in [2.24, 2.45) is 0 Å². The van der Waals surface area contributed by atoms with Crippen LogP contribution in [0.2, 0.25) is 5.02 Å². The average Bonchev–Trinajstić information content (AvgIpc) is 2.98. The molecule has 0 radical (unpaired) electrons. The molecule has 32 heavy (non-hydrogen) atoms. The predicted octanol–water partition coefficient (Wildman–Crippen LogP) is 6.56. The number of anilines is 2. The van der Waals surface area contributed by atoms with E-state index in [-0.39, 0.29) is 17.5 Å². The van der Waals surface area contributed by atoms with E-state index in [0.717, 1.165) is 32.8 Å². The van der Waals surface area contributed by atoms with Crippen LogP contribution in [0.4, 0.5) is 11.4 Å². The average molecular weight is 463 g/mol. The molecule has 0 atom stereocenters. The van der Waals surface area contributed by atoms with Crippen LogP contribution in [0.5, 0.6) is 0 Å². The van der Waals surface area contributed by atoms with Crippen LogP contribution in [-0.4, -0.2) is 11.8 Å². The summed E-state index contributed by atoms with van der Waals surface area (Å²) in [5.74, 6) is -0.701. The molecule has 0 saturated carbocycles. The molecule has 1 aliphatic heterocycles.